The summed E-state index contributed by atoms with van der Waals surface area (Å²) in [5.74, 6) is 2.37. The fourth-order valence-electron chi connectivity index (χ4n) is 1.29. The van der Waals surface area contributed by atoms with E-state index in [2.05, 4.69) is 10.6 Å². The molecule has 0 bridgehead atoms. The van der Waals surface area contributed by atoms with Gasteiger partial charge in [0, 0.05) is 0 Å². The molecule has 0 heterocycles. The van der Waals surface area contributed by atoms with Gasteiger partial charge in [0.15, 0.2) is 0 Å². The Balaban J connectivity index is 2.70. The Hall–Kier alpha value is -1.31. The summed E-state index contributed by atoms with van der Waals surface area (Å²) in [6.07, 6.45) is 5.79. The van der Waals surface area contributed by atoms with E-state index in [0.717, 1.165) is 5.56 Å². The topological polar surface area (TPSA) is 46.2 Å². The van der Waals surface area contributed by atoms with Crippen LogP contribution in [0.4, 0.5) is 0 Å². The lowest BCUT2D eigenvalue weighted by Crippen LogP contribution is -2.34. The van der Waals surface area contributed by atoms with Gasteiger partial charge in [-0.15, -0.1) is 6.42 Å². The van der Waals surface area contributed by atoms with Gasteiger partial charge in [0.25, 0.3) is 0 Å². The minimum atomic E-state index is -3.35. The summed E-state index contributed by atoms with van der Waals surface area (Å²) < 4.78 is 25.9. The van der Waals surface area contributed by atoms with Crippen molar-refractivity contribution < 1.29 is 8.42 Å². The third-order valence-corrected chi connectivity index (χ3v) is 3.49. The molecule has 0 fully saturated rings. The SMILES string of the molecule is C#CC(CC)NS(=O)(=O)Cc1ccccc1. The van der Waals surface area contributed by atoms with Crippen LogP contribution in [0.3, 0.4) is 0 Å². The van der Waals surface area contributed by atoms with Gasteiger partial charge in [-0.25, -0.2) is 13.1 Å². The predicted octanol–water partition coefficient (Wildman–Crippen LogP) is 1.52. The molecular formula is C12H15NO2S. The summed E-state index contributed by atoms with van der Waals surface area (Å²) in [6, 6.07) is 8.59. The summed E-state index contributed by atoms with van der Waals surface area (Å²) in [5.41, 5.74) is 0.752. The van der Waals surface area contributed by atoms with Crippen LogP contribution in [0.5, 0.6) is 0 Å². The zero-order chi connectivity index (χ0) is 12.0. The molecule has 0 aliphatic carbocycles. The first-order chi connectivity index (χ1) is 7.57. The molecule has 0 saturated heterocycles. The van der Waals surface area contributed by atoms with Crippen molar-refractivity contribution in [1.82, 2.24) is 4.72 Å². The first-order valence-corrected chi connectivity index (χ1v) is 6.72. The molecule has 0 spiro atoms. The van der Waals surface area contributed by atoms with Gasteiger partial charge in [-0.2, -0.15) is 0 Å². The van der Waals surface area contributed by atoms with Crippen LogP contribution in [-0.4, -0.2) is 14.5 Å². The maximum Gasteiger partial charge on any atom is 0.216 e. The molecule has 0 saturated carbocycles. The van der Waals surface area contributed by atoms with E-state index in [1.54, 1.807) is 12.1 Å². The summed E-state index contributed by atoms with van der Waals surface area (Å²) in [6.45, 7) is 1.84. The molecule has 0 aliphatic rings. The van der Waals surface area contributed by atoms with E-state index in [1.165, 1.54) is 0 Å². The number of hydrogen-bond acceptors (Lipinski definition) is 2. The van der Waals surface area contributed by atoms with Crippen molar-refractivity contribution in [3.8, 4) is 12.3 Å². The number of terminal acetylenes is 1. The fraction of sp³-hybridized carbons (Fsp3) is 0.333. The van der Waals surface area contributed by atoms with Gasteiger partial charge in [-0.05, 0) is 12.0 Å². The molecule has 0 aromatic heterocycles. The smallest absolute Gasteiger partial charge is 0.212 e. The van der Waals surface area contributed by atoms with Crippen molar-refractivity contribution >= 4 is 10.0 Å². The first-order valence-electron chi connectivity index (χ1n) is 5.07. The van der Waals surface area contributed by atoms with Crippen molar-refractivity contribution in [2.75, 3.05) is 0 Å². The van der Waals surface area contributed by atoms with Gasteiger partial charge in [0.05, 0.1) is 11.8 Å². The molecule has 1 atom stereocenters. The number of sulfonamides is 1. The van der Waals surface area contributed by atoms with Crippen LogP contribution in [-0.2, 0) is 15.8 Å². The third kappa shape index (κ3) is 4.05. The molecule has 1 rings (SSSR count). The molecule has 16 heavy (non-hydrogen) atoms. The fourth-order valence-corrected chi connectivity index (χ4v) is 2.67. The van der Waals surface area contributed by atoms with E-state index in [-0.39, 0.29) is 5.75 Å². The number of nitrogens with one attached hydrogen (secondary N) is 1. The molecule has 0 radical (unpaired) electrons. The lowest BCUT2D eigenvalue weighted by molar-refractivity contribution is 0.569. The Morgan fingerprint density at radius 1 is 1.38 bits per heavy atom. The third-order valence-electron chi connectivity index (χ3n) is 2.13. The molecule has 3 nitrogen and oxygen atoms in total. The first kappa shape index (κ1) is 12.8. The second kappa shape index (κ2) is 5.69. The number of hydrogen-bond donors (Lipinski definition) is 1. The van der Waals surface area contributed by atoms with Gasteiger partial charge in [-0.3, -0.25) is 0 Å². The van der Waals surface area contributed by atoms with Crippen molar-refractivity contribution in [2.24, 2.45) is 0 Å². The van der Waals surface area contributed by atoms with Crippen LogP contribution in [0.2, 0.25) is 0 Å². The highest BCUT2D eigenvalue weighted by Crippen LogP contribution is 2.05. The normalized spacial score (nSPS) is 13.0. The monoisotopic (exact) mass is 237 g/mol. The minimum Gasteiger partial charge on any atom is -0.212 e. The number of benzene rings is 1. The number of rotatable bonds is 5. The summed E-state index contributed by atoms with van der Waals surface area (Å²) in [4.78, 5) is 0. The summed E-state index contributed by atoms with van der Waals surface area (Å²) >= 11 is 0. The summed E-state index contributed by atoms with van der Waals surface area (Å²) in [7, 11) is -3.35. The average Bonchev–Trinajstić information content (AvgIpc) is 2.26. The van der Waals surface area contributed by atoms with Gasteiger partial charge < -0.3 is 0 Å². The van der Waals surface area contributed by atoms with Crippen molar-refractivity contribution in [2.45, 2.75) is 25.1 Å². The highest BCUT2D eigenvalue weighted by Gasteiger charge is 2.15. The van der Waals surface area contributed by atoms with Crippen LogP contribution in [0.15, 0.2) is 30.3 Å². The second-order valence-corrected chi connectivity index (χ2v) is 5.24. The van der Waals surface area contributed by atoms with Crippen molar-refractivity contribution in [3.63, 3.8) is 0 Å². The molecule has 0 amide bonds. The van der Waals surface area contributed by atoms with E-state index in [1.807, 2.05) is 25.1 Å². The van der Waals surface area contributed by atoms with Crippen LogP contribution in [0.1, 0.15) is 18.9 Å². The van der Waals surface area contributed by atoms with Crippen LogP contribution >= 0.6 is 0 Å². The van der Waals surface area contributed by atoms with Crippen molar-refractivity contribution in [3.05, 3.63) is 35.9 Å². The maximum absolute atomic E-state index is 11.7. The molecule has 0 aliphatic heterocycles. The van der Waals surface area contributed by atoms with Gasteiger partial charge in [0.1, 0.15) is 0 Å². The van der Waals surface area contributed by atoms with E-state index in [4.69, 9.17) is 6.42 Å². The maximum atomic E-state index is 11.7. The van der Waals surface area contributed by atoms with Crippen LogP contribution in [0.25, 0.3) is 0 Å². The molecule has 1 aromatic rings. The van der Waals surface area contributed by atoms with Gasteiger partial charge in [0.2, 0.25) is 10.0 Å². The quantitative estimate of drug-likeness (QED) is 0.789. The Morgan fingerprint density at radius 3 is 2.50 bits per heavy atom. The largest absolute Gasteiger partial charge is 0.216 e. The molecular weight excluding hydrogens is 222 g/mol. The lowest BCUT2D eigenvalue weighted by atomic mass is 10.2. The Kier molecular flexibility index (Phi) is 4.53. The second-order valence-electron chi connectivity index (χ2n) is 3.49. The zero-order valence-electron chi connectivity index (χ0n) is 9.18. The van der Waals surface area contributed by atoms with E-state index in [0.29, 0.717) is 6.42 Å². The summed E-state index contributed by atoms with van der Waals surface area (Å²) in [5, 5.41) is 0. The van der Waals surface area contributed by atoms with Gasteiger partial charge in [-0.1, -0.05) is 43.2 Å². The van der Waals surface area contributed by atoms with E-state index < -0.39 is 16.1 Å². The Labute approximate surface area is 96.9 Å². The minimum absolute atomic E-state index is 0.0357. The highest BCUT2D eigenvalue weighted by atomic mass is 32.2. The molecule has 86 valence electrons. The zero-order valence-corrected chi connectivity index (χ0v) is 10.00. The highest BCUT2D eigenvalue weighted by molar-refractivity contribution is 7.88. The van der Waals surface area contributed by atoms with Gasteiger partial charge >= 0.3 is 0 Å². The van der Waals surface area contributed by atoms with Crippen LogP contribution < -0.4 is 4.72 Å². The molecule has 1 aromatic carbocycles. The Morgan fingerprint density at radius 2 is 2.00 bits per heavy atom. The molecule has 4 heteroatoms. The molecule has 1 unspecified atom stereocenters. The van der Waals surface area contributed by atoms with E-state index >= 15 is 0 Å². The van der Waals surface area contributed by atoms with Crippen LogP contribution in [0, 0.1) is 12.3 Å². The average molecular weight is 237 g/mol. The molecule has 1 N–H and O–H groups in total. The van der Waals surface area contributed by atoms with Crippen molar-refractivity contribution in [1.29, 1.82) is 0 Å². The van der Waals surface area contributed by atoms with E-state index in [9.17, 15) is 8.42 Å². The standard InChI is InChI=1S/C12H15NO2S/c1-3-12(4-2)13-16(14,15)10-11-8-6-5-7-9-11/h1,5-9,12-13H,4,10H2,2H3. The Bertz CT molecular complexity index is 460. The lowest BCUT2D eigenvalue weighted by Gasteiger charge is -2.11. The predicted molar refractivity (Wildman–Crippen MR) is 65.1 cm³/mol.